The highest BCUT2D eigenvalue weighted by atomic mass is 16.6. The topological polar surface area (TPSA) is 78.9 Å². The molecule has 0 aromatic heterocycles. The van der Waals surface area contributed by atoms with E-state index in [1.165, 1.54) is 0 Å². The Kier molecular flexibility index (Phi) is 4.46. The van der Waals surface area contributed by atoms with Gasteiger partial charge in [0.15, 0.2) is 0 Å². The molecule has 2 aliphatic rings. The van der Waals surface area contributed by atoms with Gasteiger partial charge in [-0.05, 0) is 39.0 Å². The summed E-state index contributed by atoms with van der Waals surface area (Å²) in [6.07, 6.45) is 1.63. The molecule has 0 aromatic rings. The van der Waals surface area contributed by atoms with Gasteiger partial charge in [-0.2, -0.15) is 0 Å². The molecule has 0 saturated carbocycles. The van der Waals surface area contributed by atoms with Crippen LogP contribution >= 0.6 is 0 Å². The molecule has 2 saturated heterocycles. The quantitative estimate of drug-likeness (QED) is 0.760. The van der Waals surface area contributed by atoms with Gasteiger partial charge in [-0.1, -0.05) is 0 Å². The number of aliphatic hydroxyl groups is 1. The molecule has 120 valence electrons. The molecule has 6 nitrogen and oxygen atoms in total. The summed E-state index contributed by atoms with van der Waals surface area (Å²) in [4.78, 5) is 25.5. The van der Waals surface area contributed by atoms with Crippen molar-refractivity contribution in [1.29, 1.82) is 0 Å². The molecule has 6 heteroatoms. The van der Waals surface area contributed by atoms with Crippen LogP contribution < -0.4 is 5.32 Å². The summed E-state index contributed by atoms with van der Waals surface area (Å²) in [5, 5.41) is 12.4. The largest absolute Gasteiger partial charge is 0.444 e. The van der Waals surface area contributed by atoms with Gasteiger partial charge in [-0.25, -0.2) is 4.79 Å². The Hall–Kier alpha value is -1.30. The van der Waals surface area contributed by atoms with Crippen molar-refractivity contribution in [2.45, 2.75) is 45.6 Å². The molecule has 2 N–H and O–H groups in total. The van der Waals surface area contributed by atoms with Gasteiger partial charge in [0, 0.05) is 38.6 Å². The lowest BCUT2D eigenvalue weighted by Crippen LogP contribution is -2.55. The van der Waals surface area contributed by atoms with Crippen LogP contribution in [0, 0.1) is 11.3 Å². The zero-order valence-corrected chi connectivity index (χ0v) is 13.1. The Morgan fingerprint density at radius 1 is 1.43 bits per heavy atom. The molecule has 2 heterocycles. The van der Waals surface area contributed by atoms with Crippen molar-refractivity contribution < 1.29 is 19.4 Å². The maximum absolute atomic E-state index is 12.1. The summed E-state index contributed by atoms with van der Waals surface area (Å²) >= 11 is 0. The molecule has 2 aliphatic heterocycles. The smallest absolute Gasteiger partial charge is 0.410 e. The number of ether oxygens (including phenoxy) is 1. The van der Waals surface area contributed by atoms with Gasteiger partial charge in [0.25, 0.3) is 0 Å². The molecule has 21 heavy (non-hydrogen) atoms. The molecule has 0 bridgehead atoms. The van der Waals surface area contributed by atoms with E-state index in [1.807, 2.05) is 20.8 Å². The molecule has 1 spiro atoms. The van der Waals surface area contributed by atoms with E-state index in [9.17, 15) is 14.7 Å². The number of hydrogen-bond donors (Lipinski definition) is 2. The number of piperidine rings is 2. The van der Waals surface area contributed by atoms with Crippen molar-refractivity contribution >= 4 is 12.0 Å². The summed E-state index contributed by atoms with van der Waals surface area (Å²) in [6.45, 7) is 7.32. The Balaban J connectivity index is 1.98. The molecular weight excluding hydrogens is 272 g/mol. The van der Waals surface area contributed by atoms with Crippen molar-refractivity contribution in [3.05, 3.63) is 0 Å². The number of likely N-dealkylation sites (tertiary alicyclic amines) is 1. The molecule has 1 atom stereocenters. The molecule has 0 radical (unpaired) electrons. The van der Waals surface area contributed by atoms with E-state index in [1.54, 1.807) is 4.90 Å². The molecule has 0 aromatic carbocycles. The van der Waals surface area contributed by atoms with Crippen molar-refractivity contribution in [2.75, 3.05) is 26.2 Å². The van der Waals surface area contributed by atoms with Crippen LogP contribution in [0.3, 0.4) is 0 Å². The molecule has 1 unspecified atom stereocenters. The Morgan fingerprint density at radius 2 is 2.05 bits per heavy atom. The van der Waals surface area contributed by atoms with Crippen LogP contribution in [-0.2, 0) is 9.53 Å². The second kappa shape index (κ2) is 5.83. The third-order valence-electron chi connectivity index (χ3n) is 4.56. The van der Waals surface area contributed by atoms with Crippen molar-refractivity contribution in [2.24, 2.45) is 11.3 Å². The number of nitrogens with one attached hydrogen (secondary N) is 1. The number of aliphatic hydroxyl groups excluding tert-OH is 1. The summed E-state index contributed by atoms with van der Waals surface area (Å²) < 4.78 is 5.39. The normalized spacial score (nSPS) is 25.6. The standard InChI is InChI=1S/C15H26N2O4/c1-14(2,3)21-13(20)17-6-4-15(5-7-17)8-12(19)16-9-11(15)10-18/h11,18H,4-10H2,1-3H3,(H,16,19). The fourth-order valence-corrected chi connectivity index (χ4v) is 3.28. The minimum Gasteiger partial charge on any atom is -0.444 e. The number of rotatable bonds is 1. The van der Waals surface area contributed by atoms with E-state index in [0.717, 1.165) is 12.8 Å². The van der Waals surface area contributed by atoms with Crippen LogP contribution in [0.15, 0.2) is 0 Å². The zero-order chi connectivity index (χ0) is 15.7. The van der Waals surface area contributed by atoms with Crippen LogP contribution in [-0.4, -0.2) is 53.8 Å². The van der Waals surface area contributed by atoms with Crippen LogP contribution in [0.1, 0.15) is 40.0 Å². The van der Waals surface area contributed by atoms with Gasteiger partial charge >= 0.3 is 6.09 Å². The molecule has 0 aliphatic carbocycles. The number of carbonyl (C=O) groups is 2. The highest BCUT2D eigenvalue weighted by molar-refractivity contribution is 5.77. The van der Waals surface area contributed by atoms with Gasteiger partial charge in [-0.3, -0.25) is 4.79 Å². The number of carbonyl (C=O) groups excluding carboxylic acids is 2. The summed E-state index contributed by atoms with van der Waals surface area (Å²) in [6, 6.07) is 0. The fraction of sp³-hybridized carbons (Fsp3) is 0.867. The van der Waals surface area contributed by atoms with Crippen molar-refractivity contribution in [3.8, 4) is 0 Å². The lowest BCUT2D eigenvalue weighted by atomic mass is 9.65. The first-order valence-electron chi connectivity index (χ1n) is 7.61. The number of amides is 2. The Bertz CT molecular complexity index is 408. The second-order valence-electron chi connectivity index (χ2n) is 7.19. The van der Waals surface area contributed by atoms with E-state index in [2.05, 4.69) is 5.32 Å². The highest BCUT2D eigenvalue weighted by Crippen LogP contribution is 2.43. The molecular formula is C15H26N2O4. The predicted molar refractivity (Wildman–Crippen MR) is 77.7 cm³/mol. The van der Waals surface area contributed by atoms with E-state index in [-0.39, 0.29) is 29.9 Å². The van der Waals surface area contributed by atoms with Crippen LogP contribution in [0.2, 0.25) is 0 Å². The third kappa shape index (κ3) is 3.67. The van der Waals surface area contributed by atoms with Crippen LogP contribution in [0.25, 0.3) is 0 Å². The number of hydrogen-bond acceptors (Lipinski definition) is 4. The van der Waals surface area contributed by atoms with Crippen molar-refractivity contribution in [3.63, 3.8) is 0 Å². The molecule has 2 amide bonds. The van der Waals surface area contributed by atoms with Crippen molar-refractivity contribution in [1.82, 2.24) is 10.2 Å². The highest BCUT2D eigenvalue weighted by Gasteiger charge is 2.46. The maximum Gasteiger partial charge on any atom is 0.410 e. The second-order valence-corrected chi connectivity index (χ2v) is 7.19. The third-order valence-corrected chi connectivity index (χ3v) is 4.56. The minimum atomic E-state index is -0.495. The Labute approximate surface area is 125 Å². The number of nitrogens with zero attached hydrogens (tertiary/aromatic N) is 1. The van der Waals surface area contributed by atoms with E-state index >= 15 is 0 Å². The van der Waals surface area contributed by atoms with E-state index in [4.69, 9.17) is 4.74 Å². The van der Waals surface area contributed by atoms with Gasteiger partial charge < -0.3 is 20.1 Å². The summed E-state index contributed by atoms with van der Waals surface area (Å²) in [5.74, 6) is 0.126. The average molecular weight is 298 g/mol. The monoisotopic (exact) mass is 298 g/mol. The zero-order valence-electron chi connectivity index (χ0n) is 13.1. The Morgan fingerprint density at radius 3 is 2.57 bits per heavy atom. The fourth-order valence-electron chi connectivity index (χ4n) is 3.28. The van der Waals surface area contributed by atoms with Gasteiger partial charge in [0.05, 0.1) is 0 Å². The van der Waals surface area contributed by atoms with E-state index in [0.29, 0.717) is 26.1 Å². The molecule has 2 fully saturated rings. The predicted octanol–water partition coefficient (Wildman–Crippen LogP) is 1.13. The summed E-state index contributed by atoms with van der Waals surface area (Å²) in [5.41, 5.74) is -0.666. The first-order chi connectivity index (χ1) is 9.76. The average Bonchev–Trinajstić information content (AvgIpc) is 2.37. The van der Waals surface area contributed by atoms with Gasteiger partial charge in [-0.15, -0.1) is 0 Å². The first kappa shape index (κ1) is 16.1. The van der Waals surface area contributed by atoms with Crippen LogP contribution in [0.4, 0.5) is 4.79 Å². The first-order valence-corrected chi connectivity index (χ1v) is 7.61. The lowest BCUT2D eigenvalue weighted by molar-refractivity contribution is -0.131. The lowest BCUT2D eigenvalue weighted by Gasteiger charge is -2.48. The van der Waals surface area contributed by atoms with E-state index < -0.39 is 5.60 Å². The molecule has 2 rings (SSSR count). The SMILES string of the molecule is CC(C)(C)OC(=O)N1CCC2(CC1)CC(=O)NCC2CO. The van der Waals surface area contributed by atoms with Gasteiger partial charge in [0.2, 0.25) is 5.91 Å². The van der Waals surface area contributed by atoms with Gasteiger partial charge in [0.1, 0.15) is 5.60 Å². The maximum atomic E-state index is 12.1. The minimum absolute atomic E-state index is 0.0467. The van der Waals surface area contributed by atoms with Crippen LogP contribution in [0.5, 0.6) is 0 Å². The summed E-state index contributed by atoms with van der Waals surface area (Å²) in [7, 11) is 0.